The Hall–Kier alpha value is -0.960. The van der Waals surface area contributed by atoms with E-state index in [4.69, 9.17) is 0 Å². The Morgan fingerprint density at radius 3 is 1.56 bits per heavy atom. The molecule has 0 saturated heterocycles. The van der Waals surface area contributed by atoms with E-state index in [0.29, 0.717) is 6.42 Å². The Morgan fingerprint density at radius 2 is 1.21 bits per heavy atom. The summed E-state index contributed by atoms with van der Waals surface area (Å²) in [6.07, 6.45) is 29.4. The van der Waals surface area contributed by atoms with E-state index in [2.05, 4.69) is 56.5 Å². The molecule has 0 fully saturated rings. The van der Waals surface area contributed by atoms with Gasteiger partial charge in [0.2, 0.25) is 16.3 Å². The summed E-state index contributed by atoms with van der Waals surface area (Å²) in [6, 6.07) is 0. The summed E-state index contributed by atoms with van der Waals surface area (Å²) >= 11 is 0. The maximum Gasteiger partial charge on any atom is 0.224 e. The van der Waals surface area contributed by atoms with E-state index in [9.17, 15) is 17.8 Å². The smallest absolute Gasteiger partial charge is 0.224 e. The van der Waals surface area contributed by atoms with Gasteiger partial charge in [-0.25, -0.2) is 8.42 Å². The lowest BCUT2D eigenvalue weighted by atomic mass is 10.1. The van der Waals surface area contributed by atoms with Crippen molar-refractivity contribution in [3.8, 4) is 0 Å². The van der Waals surface area contributed by atoms with Crippen LogP contribution in [0.5, 0.6) is 0 Å². The second kappa shape index (κ2) is 27.2. The number of rotatable bonds is 25. The lowest BCUT2D eigenvalue weighted by Crippen LogP contribution is -2.57. The van der Waals surface area contributed by atoms with Crippen LogP contribution in [0.15, 0.2) is 12.2 Å². The van der Waals surface area contributed by atoms with Crippen LogP contribution in [0.3, 0.4) is 0 Å². The Labute approximate surface area is 243 Å². The summed E-state index contributed by atoms with van der Waals surface area (Å²) in [5, 5.41) is 3.25. The fourth-order valence-corrected chi connectivity index (χ4v) is 4.75. The molecule has 0 saturated carbocycles. The van der Waals surface area contributed by atoms with Gasteiger partial charge in [0.25, 0.3) is 0 Å². The SMILES string of the molecule is CCCCCCCC/C=C\CCCCCCCCCCCC(=O)NC(CC)[N+](C)(C)CC.CCOS(=O)(=O)[O-]. The minimum absolute atomic E-state index is 0.0914. The molecule has 0 aromatic rings. The minimum atomic E-state index is -4.42. The third-order valence-electron chi connectivity index (χ3n) is 7.30. The number of nitrogens with zero attached hydrogens (tertiary/aromatic N) is 1. The molecule has 1 unspecified atom stereocenters. The molecular formula is C31H64N2O5S. The van der Waals surface area contributed by atoms with Gasteiger partial charge in [-0.15, -0.1) is 0 Å². The van der Waals surface area contributed by atoms with E-state index in [1.165, 1.54) is 110 Å². The largest absolute Gasteiger partial charge is 0.726 e. The zero-order chi connectivity index (χ0) is 29.8. The first-order valence-corrected chi connectivity index (χ1v) is 17.2. The van der Waals surface area contributed by atoms with Gasteiger partial charge in [-0.05, 0) is 46.0 Å². The van der Waals surface area contributed by atoms with Gasteiger partial charge < -0.3 is 14.4 Å². The van der Waals surface area contributed by atoms with Crippen LogP contribution in [-0.4, -0.2) is 56.8 Å². The van der Waals surface area contributed by atoms with Gasteiger partial charge in [0.15, 0.2) is 6.17 Å². The van der Waals surface area contributed by atoms with E-state index < -0.39 is 10.4 Å². The van der Waals surface area contributed by atoms with E-state index in [-0.39, 0.29) is 18.7 Å². The van der Waals surface area contributed by atoms with Crippen molar-refractivity contribution in [1.29, 1.82) is 0 Å². The molecule has 0 aliphatic rings. The van der Waals surface area contributed by atoms with Crippen molar-refractivity contribution < 1.29 is 26.4 Å². The normalized spacial score (nSPS) is 12.8. The van der Waals surface area contributed by atoms with Crippen LogP contribution in [0, 0.1) is 0 Å². The van der Waals surface area contributed by atoms with Gasteiger partial charge in [-0.3, -0.25) is 8.98 Å². The van der Waals surface area contributed by atoms with Crippen molar-refractivity contribution in [2.24, 2.45) is 0 Å². The van der Waals surface area contributed by atoms with Crippen LogP contribution >= 0.6 is 0 Å². The van der Waals surface area contributed by atoms with Crippen LogP contribution in [-0.2, 0) is 19.4 Å². The van der Waals surface area contributed by atoms with E-state index in [0.717, 1.165) is 23.9 Å². The molecule has 0 rings (SSSR count). The monoisotopic (exact) mass is 576 g/mol. The molecule has 0 spiro atoms. The van der Waals surface area contributed by atoms with Gasteiger partial charge in [0, 0.05) is 12.8 Å². The summed E-state index contributed by atoms with van der Waals surface area (Å²) < 4.78 is 32.9. The number of amides is 1. The van der Waals surface area contributed by atoms with Crippen molar-refractivity contribution in [3.63, 3.8) is 0 Å². The molecule has 0 aliphatic heterocycles. The number of carbonyl (C=O) groups is 1. The average Bonchev–Trinajstić information content (AvgIpc) is 2.88. The molecule has 1 atom stereocenters. The maximum absolute atomic E-state index is 12.2. The molecule has 7 nitrogen and oxygen atoms in total. The topological polar surface area (TPSA) is 95.5 Å². The zero-order valence-corrected chi connectivity index (χ0v) is 27.3. The van der Waals surface area contributed by atoms with Crippen LogP contribution in [0.2, 0.25) is 0 Å². The number of allylic oxidation sites excluding steroid dienone is 2. The molecule has 0 aliphatic carbocycles. The number of carbonyl (C=O) groups excluding carboxylic acids is 1. The van der Waals surface area contributed by atoms with Crippen LogP contribution in [0.25, 0.3) is 0 Å². The zero-order valence-electron chi connectivity index (χ0n) is 26.5. The highest BCUT2D eigenvalue weighted by molar-refractivity contribution is 7.80. The van der Waals surface area contributed by atoms with Crippen LogP contribution in [0.4, 0.5) is 0 Å². The van der Waals surface area contributed by atoms with E-state index in [1.54, 1.807) is 0 Å². The quantitative estimate of drug-likeness (QED) is 0.0296. The highest BCUT2D eigenvalue weighted by Gasteiger charge is 2.25. The first kappa shape index (κ1) is 40.2. The van der Waals surface area contributed by atoms with Crippen molar-refractivity contribution in [1.82, 2.24) is 5.32 Å². The lowest BCUT2D eigenvalue weighted by Gasteiger charge is -2.36. The molecule has 0 bridgehead atoms. The molecule has 0 aromatic carbocycles. The second-order valence-corrected chi connectivity index (χ2v) is 12.2. The van der Waals surface area contributed by atoms with Crippen LogP contribution in [0.1, 0.15) is 150 Å². The Morgan fingerprint density at radius 1 is 0.769 bits per heavy atom. The fraction of sp³-hybridized carbons (Fsp3) is 0.903. The molecule has 234 valence electrons. The molecular weight excluding hydrogens is 512 g/mol. The first-order chi connectivity index (χ1) is 18.5. The summed E-state index contributed by atoms with van der Waals surface area (Å²) in [5.41, 5.74) is 0. The Balaban J connectivity index is 0. The number of nitrogens with one attached hydrogen (secondary N) is 1. The highest BCUT2D eigenvalue weighted by atomic mass is 32.3. The number of quaternary nitrogens is 1. The van der Waals surface area contributed by atoms with Crippen molar-refractivity contribution >= 4 is 16.3 Å². The van der Waals surface area contributed by atoms with Gasteiger partial charge in [-0.2, -0.15) is 0 Å². The molecule has 0 radical (unpaired) electrons. The average molecular weight is 577 g/mol. The van der Waals surface area contributed by atoms with Crippen molar-refractivity contribution in [2.75, 3.05) is 27.2 Å². The summed E-state index contributed by atoms with van der Waals surface area (Å²) in [5.74, 6) is 0.234. The Bertz CT molecular complexity index is 680. The molecule has 1 amide bonds. The van der Waals surface area contributed by atoms with Crippen molar-refractivity contribution in [2.45, 2.75) is 156 Å². The number of hydrogen-bond donors (Lipinski definition) is 1. The third kappa shape index (κ3) is 29.8. The molecule has 0 aromatic heterocycles. The molecule has 39 heavy (non-hydrogen) atoms. The van der Waals surface area contributed by atoms with Crippen LogP contribution < -0.4 is 5.32 Å². The van der Waals surface area contributed by atoms with E-state index in [1.807, 2.05) is 0 Å². The summed E-state index contributed by atoms with van der Waals surface area (Å²) in [7, 11) is -0.0305. The van der Waals surface area contributed by atoms with Crippen molar-refractivity contribution in [3.05, 3.63) is 12.2 Å². The molecule has 0 heterocycles. The number of unbranched alkanes of at least 4 members (excludes halogenated alkanes) is 15. The van der Waals surface area contributed by atoms with Gasteiger partial charge >= 0.3 is 0 Å². The van der Waals surface area contributed by atoms with Gasteiger partial charge in [-0.1, -0.05) is 103 Å². The van der Waals surface area contributed by atoms with Gasteiger partial charge in [0.1, 0.15) is 0 Å². The molecule has 1 N–H and O–H groups in total. The second-order valence-electron chi connectivity index (χ2n) is 11.1. The predicted molar refractivity (Wildman–Crippen MR) is 164 cm³/mol. The Kier molecular flexibility index (Phi) is 28.0. The highest BCUT2D eigenvalue weighted by Crippen LogP contribution is 2.13. The summed E-state index contributed by atoms with van der Waals surface area (Å²) in [6.45, 7) is 9.00. The first-order valence-electron chi connectivity index (χ1n) is 15.9. The minimum Gasteiger partial charge on any atom is -0.726 e. The molecule has 8 heteroatoms. The van der Waals surface area contributed by atoms with E-state index >= 15 is 0 Å². The predicted octanol–water partition coefficient (Wildman–Crippen LogP) is 8.02. The number of hydrogen-bond acceptors (Lipinski definition) is 5. The standard InChI is InChI=1S/C29H58N2O.C2H6O4S/c1-6-9-10-11-12-13-14-15-16-17-18-19-20-21-22-23-24-25-26-27-29(32)30-28(7-2)31(4,5)8-3;1-2-6-7(3,4)5/h15-16,28H,6-14,17-27H2,1-5H3;2H2,1H3,(H,3,4,5)/b16-15-;. The summed E-state index contributed by atoms with van der Waals surface area (Å²) in [4.78, 5) is 12.2. The fourth-order valence-electron chi connectivity index (χ4n) is 4.46. The maximum atomic E-state index is 12.2. The lowest BCUT2D eigenvalue weighted by molar-refractivity contribution is -0.915. The third-order valence-corrected chi connectivity index (χ3v) is 7.83. The van der Waals surface area contributed by atoms with Gasteiger partial charge in [0.05, 0.1) is 27.2 Å².